The Kier molecular flexibility index (Phi) is 9.69. The lowest BCUT2D eigenvalue weighted by Crippen LogP contribution is -2.37. The summed E-state index contributed by atoms with van der Waals surface area (Å²) < 4.78 is 5.51. The Bertz CT molecular complexity index is 1070. The molecule has 0 unspecified atom stereocenters. The predicted molar refractivity (Wildman–Crippen MR) is 141 cm³/mol. The number of benzene rings is 2. The Hall–Kier alpha value is -3.59. The summed E-state index contributed by atoms with van der Waals surface area (Å²) in [6.45, 7) is 6.41. The molecule has 194 valence electrons. The van der Waals surface area contributed by atoms with E-state index in [0.717, 1.165) is 43.6 Å². The van der Waals surface area contributed by atoms with Crippen molar-refractivity contribution >= 4 is 35.0 Å². The number of nitrogens with one attached hydrogen (secondary N) is 2. The summed E-state index contributed by atoms with van der Waals surface area (Å²) in [7, 11) is 1.53. The van der Waals surface area contributed by atoms with Gasteiger partial charge < -0.3 is 30.3 Å². The van der Waals surface area contributed by atoms with Crippen LogP contribution < -0.4 is 20.3 Å². The number of likely N-dealkylation sites (tertiary alicyclic amines) is 1. The van der Waals surface area contributed by atoms with Gasteiger partial charge in [0.25, 0.3) is 0 Å². The largest absolute Gasteiger partial charge is 0.494 e. The third-order valence-electron chi connectivity index (χ3n) is 6.63. The number of amides is 3. The molecule has 0 radical (unpaired) electrons. The van der Waals surface area contributed by atoms with E-state index in [2.05, 4.69) is 15.5 Å². The topological polar surface area (TPSA) is 111 Å². The molecular weight excluding hydrogens is 460 g/mol. The van der Waals surface area contributed by atoms with Gasteiger partial charge in [-0.25, -0.2) is 4.79 Å². The number of hydrogen-bond acceptors (Lipinski definition) is 5. The Morgan fingerprint density at radius 3 is 2.42 bits per heavy atom. The van der Waals surface area contributed by atoms with Gasteiger partial charge in [0, 0.05) is 37.5 Å². The lowest BCUT2D eigenvalue weighted by Gasteiger charge is -2.33. The maximum atomic E-state index is 12.5. The first kappa shape index (κ1) is 27.0. The van der Waals surface area contributed by atoms with E-state index in [1.807, 2.05) is 37.3 Å². The number of hydrogen-bond donors (Lipinski definition) is 3. The summed E-state index contributed by atoms with van der Waals surface area (Å²) in [6.07, 6.45) is 3.03. The van der Waals surface area contributed by atoms with Gasteiger partial charge in [-0.3, -0.25) is 9.59 Å². The first-order chi connectivity index (χ1) is 17.3. The first-order valence-corrected chi connectivity index (χ1v) is 12.3. The van der Waals surface area contributed by atoms with E-state index in [4.69, 9.17) is 9.84 Å². The van der Waals surface area contributed by atoms with Gasteiger partial charge in [-0.2, -0.15) is 0 Å². The molecule has 3 amide bonds. The zero-order valence-corrected chi connectivity index (χ0v) is 21.3. The maximum absolute atomic E-state index is 12.5. The van der Waals surface area contributed by atoms with Crippen LogP contribution in [-0.4, -0.2) is 61.2 Å². The predicted octanol–water partition coefficient (Wildman–Crippen LogP) is 4.58. The molecule has 1 saturated heterocycles. The average Bonchev–Trinajstić information content (AvgIpc) is 2.85. The molecule has 0 bridgehead atoms. The number of methoxy groups -OCH3 is 1. The van der Waals surface area contributed by atoms with Crippen LogP contribution in [0.5, 0.6) is 5.75 Å². The van der Waals surface area contributed by atoms with Crippen LogP contribution in [0.2, 0.25) is 0 Å². The number of aliphatic carboxylic acids is 1. The quantitative estimate of drug-likeness (QED) is 0.444. The number of urea groups is 1. The molecule has 3 rings (SSSR count). The zero-order valence-electron chi connectivity index (χ0n) is 21.3. The molecular formula is C27H36N4O5. The maximum Gasteiger partial charge on any atom is 0.323 e. The van der Waals surface area contributed by atoms with Gasteiger partial charge in [-0.1, -0.05) is 18.2 Å². The van der Waals surface area contributed by atoms with Crippen LogP contribution in [-0.2, 0) is 9.59 Å². The number of ether oxygens (including phenoxy) is 1. The number of carboxylic acids is 1. The van der Waals surface area contributed by atoms with Crippen molar-refractivity contribution in [1.82, 2.24) is 4.90 Å². The zero-order chi connectivity index (χ0) is 26.1. The minimum absolute atomic E-state index is 0.0612. The van der Waals surface area contributed by atoms with Crippen LogP contribution >= 0.6 is 0 Å². The minimum Gasteiger partial charge on any atom is -0.494 e. The van der Waals surface area contributed by atoms with Crippen LogP contribution in [0, 0.1) is 12.8 Å². The van der Waals surface area contributed by atoms with E-state index >= 15 is 0 Å². The van der Waals surface area contributed by atoms with Crippen molar-refractivity contribution in [2.24, 2.45) is 5.92 Å². The average molecular weight is 497 g/mol. The summed E-state index contributed by atoms with van der Waals surface area (Å²) >= 11 is 0. The summed E-state index contributed by atoms with van der Waals surface area (Å²) in [5.74, 6) is 0.123. The number of carboxylic acid groups (broad SMARTS) is 1. The van der Waals surface area contributed by atoms with Crippen LogP contribution in [0.25, 0.3) is 0 Å². The fraction of sp³-hybridized carbons (Fsp3) is 0.444. The monoisotopic (exact) mass is 496 g/mol. The van der Waals surface area contributed by atoms with E-state index in [0.29, 0.717) is 36.1 Å². The van der Waals surface area contributed by atoms with Crippen molar-refractivity contribution in [2.75, 3.05) is 48.8 Å². The molecule has 3 N–H and O–H groups in total. The molecule has 1 fully saturated rings. The van der Waals surface area contributed by atoms with Crippen LogP contribution in [0.4, 0.5) is 21.9 Å². The molecule has 2 aromatic carbocycles. The molecule has 0 atom stereocenters. The van der Waals surface area contributed by atoms with Gasteiger partial charge in [-0.05, 0) is 69.0 Å². The minimum atomic E-state index is -0.766. The van der Waals surface area contributed by atoms with Gasteiger partial charge in [0.2, 0.25) is 5.91 Å². The highest BCUT2D eigenvalue weighted by Crippen LogP contribution is 2.31. The number of aryl methyl sites for hydroxylation is 1. The van der Waals surface area contributed by atoms with Crippen molar-refractivity contribution < 1.29 is 24.2 Å². The second-order valence-corrected chi connectivity index (χ2v) is 9.17. The number of anilines is 3. The third-order valence-corrected chi connectivity index (χ3v) is 6.63. The van der Waals surface area contributed by atoms with E-state index < -0.39 is 5.97 Å². The van der Waals surface area contributed by atoms with E-state index in [1.165, 1.54) is 7.11 Å². The van der Waals surface area contributed by atoms with E-state index in [-0.39, 0.29) is 18.4 Å². The van der Waals surface area contributed by atoms with E-state index in [1.54, 1.807) is 24.0 Å². The molecule has 1 aliphatic heterocycles. The number of carbonyl (C=O) groups excluding carboxylic acids is 2. The number of para-hydroxylation sites is 1. The highest BCUT2D eigenvalue weighted by atomic mass is 16.5. The van der Waals surface area contributed by atoms with Gasteiger partial charge >= 0.3 is 12.0 Å². The Labute approximate surface area is 212 Å². The van der Waals surface area contributed by atoms with E-state index in [9.17, 15) is 14.4 Å². The van der Waals surface area contributed by atoms with Gasteiger partial charge in [0.1, 0.15) is 5.75 Å². The second-order valence-electron chi connectivity index (χ2n) is 9.17. The standard InChI is InChI=1S/C27H36N4O5/c1-19-6-4-5-7-23(19)28-27(35)29-24-9-8-22(18-25(24)36-3)31(20(2)32)17-12-21-10-14-30(15-11-21)16-13-26(33)34/h4-9,18,21H,10-17H2,1-3H3,(H,33,34)(H2,28,29,35). The Morgan fingerprint density at radius 1 is 1.08 bits per heavy atom. The Balaban J connectivity index is 1.59. The number of nitrogens with zero attached hydrogens (tertiary/aromatic N) is 2. The molecule has 1 heterocycles. The normalized spacial score (nSPS) is 14.2. The molecule has 2 aromatic rings. The Morgan fingerprint density at radius 2 is 1.78 bits per heavy atom. The fourth-order valence-electron chi connectivity index (χ4n) is 4.47. The van der Waals surface area contributed by atoms with Crippen LogP contribution in [0.1, 0.15) is 38.2 Å². The molecule has 9 nitrogen and oxygen atoms in total. The van der Waals surface area contributed by atoms with Crippen LogP contribution in [0.15, 0.2) is 42.5 Å². The molecule has 0 aliphatic carbocycles. The van der Waals surface area contributed by atoms with Gasteiger partial charge in [0.15, 0.2) is 0 Å². The van der Waals surface area contributed by atoms with Crippen molar-refractivity contribution in [3.05, 3.63) is 48.0 Å². The van der Waals surface area contributed by atoms with Gasteiger partial charge in [0.05, 0.1) is 19.2 Å². The summed E-state index contributed by atoms with van der Waals surface area (Å²) in [6, 6.07) is 12.4. The first-order valence-electron chi connectivity index (χ1n) is 12.3. The number of piperidine rings is 1. The van der Waals surface area contributed by atoms with Crippen LogP contribution in [0.3, 0.4) is 0 Å². The number of rotatable bonds is 10. The lowest BCUT2D eigenvalue weighted by molar-refractivity contribution is -0.137. The summed E-state index contributed by atoms with van der Waals surface area (Å²) in [4.78, 5) is 39.7. The second kappa shape index (κ2) is 12.9. The summed E-state index contributed by atoms with van der Waals surface area (Å²) in [5, 5.41) is 14.5. The van der Waals surface area contributed by atoms with Crippen molar-refractivity contribution in [1.29, 1.82) is 0 Å². The smallest absolute Gasteiger partial charge is 0.323 e. The fourth-order valence-corrected chi connectivity index (χ4v) is 4.47. The van der Waals surface area contributed by atoms with Crippen molar-refractivity contribution in [2.45, 2.75) is 39.5 Å². The molecule has 1 aliphatic rings. The molecule has 0 spiro atoms. The highest BCUT2D eigenvalue weighted by molar-refractivity contribution is 6.01. The SMILES string of the molecule is COc1cc(N(CCC2CCN(CCC(=O)O)CC2)C(C)=O)ccc1NC(=O)Nc1ccccc1C. The highest BCUT2D eigenvalue weighted by Gasteiger charge is 2.22. The summed E-state index contributed by atoms with van der Waals surface area (Å²) in [5.41, 5.74) is 2.90. The molecule has 0 saturated carbocycles. The number of carbonyl (C=O) groups is 3. The van der Waals surface area contributed by atoms with Crippen molar-refractivity contribution in [3.8, 4) is 5.75 Å². The lowest BCUT2D eigenvalue weighted by atomic mass is 9.93. The van der Waals surface area contributed by atoms with Crippen molar-refractivity contribution in [3.63, 3.8) is 0 Å². The molecule has 36 heavy (non-hydrogen) atoms. The third kappa shape index (κ3) is 7.71. The molecule has 0 aromatic heterocycles. The van der Waals surface area contributed by atoms with Gasteiger partial charge in [-0.15, -0.1) is 0 Å². The molecule has 9 heteroatoms.